The van der Waals surface area contributed by atoms with Crippen LogP contribution in [0.25, 0.3) is 22.0 Å². The number of anilines is 1. The molecule has 1 amide bonds. The van der Waals surface area contributed by atoms with E-state index in [0.29, 0.717) is 30.2 Å². The monoisotopic (exact) mass is 488 g/mol. The van der Waals surface area contributed by atoms with Gasteiger partial charge in [0.1, 0.15) is 10.7 Å². The molecule has 171 valence electrons. The van der Waals surface area contributed by atoms with Crippen LogP contribution in [0, 0.1) is 0 Å². The van der Waals surface area contributed by atoms with Crippen LogP contribution in [0.1, 0.15) is 24.6 Å². The summed E-state index contributed by atoms with van der Waals surface area (Å²) in [7, 11) is 5.41. The molecule has 4 aromatic rings. The molecule has 0 saturated carbocycles. The zero-order chi connectivity index (χ0) is 23.9. The van der Waals surface area contributed by atoms with Crippen LogP contribution in [-0.4, -0.2) is 64.9 Å². The highest BCUT2D eigenvalue weighted by Crippen LogP contribution is 2.35. The Morgan fingerprint density at radius 3 is 2.82 bits per heavy atom. The molecule has 3 aromatic heterocycles. The van der Waals surface area contributed by atoms with E-state index in [-0.39, 0.29) is 5.91 Å². The van der Waals surface area contributed by atoms with Crippen molar-refractivity contribution < 1.29 is 9.90 Å². The number of carbonyl (C=O) groups is 1. The minimum absolute atomic E-state index is 0.279. The van der Waals surface area contributed by atoms with Gasteiger partial charge in [-0.3, -0.25) is 9.89 Å². The number of rotatable bonds is 6. The number of carbonyl (C=O) groups excluding carboxylic acids is 1. The number of nitrogens with zero attached hydrogens (tertiary/aromatic N) is 5. The van der Waals surface area contributed by atoms with Crippen molar-refractivity contribution in [2.75, 3.05) is 18.9 Å². The molecule has 0 spiro atoms. The number of H-pyrrole nitrogens is 1. The number of benzene rings is 1. The number of likely N-dealkylation sites (N-methyl/N-ethyl adjacent to an activating group) is 1. The Labute approximate surface area is 203 Å². The van der Waals surface area contributed by atoms with Crippen molar-refractivity contribution in [3.63, 3.8) is 0 Å². The summed E-state index contributed by atoms with van der Waals surface area (Å²) in [6, 6.07) is 11.0. The summed E-state index contributed by atoms with van der Waals surface area (Å²) in [6.45, 7) is 2.46. The topological polar surface area (TPSA) is 120 Å². The van der Waals surface area contributed by atoms with Gasteiger partial charge in [-0.25, -0.2) is 15.0 Å². The number of aromatic nitrogens is 5. The van der Waals surface area contributed by atoms with E-state index in [2.05, 4.69) is 35.7 Å². The maximum atomic E-state index is 12.5. The Morgan fingerprint density at radius 2 is 2.09 bits per heavy atom. The van der Waals surface area contributed by atoms with E-state index < -0.39 is 10.8 Å². The number of nitrogens with one attached hydrogen (secondary N) is 2. The molecular formula is C23H22N7O2SSi. The number of amides is 1. The highest BCUT2D eigenvalue weighted by Gasteiger charge is 2.45. The van der Waals surface area contributed by atoms with Crippen LogP contribution in [-0.2, 0) is 15.6 Å². The molecule has 5 rings (SSSR count). The molecule has 9 nitrogen and oxygen atoms in total. The minimum Gasteiger partial charge on any atom is -0.375 e. The summed E-state index contributed by atoms with van der Waals surface area (Å²) in [4.78, 5) is 27.8. The fourth-order valence-electron chi connectivity index (χ4n) is 3.94. The lowest BCUT2D eigenvalue weighted by molar-refractivity contribution is -0.143. The first-order valence-corrected chi connectivity index (χ1v) is 12.0. The first-order valence-electron chi connectivity index (χ1n) is 10.7. The summed E-state index contributed by atoms with van der Waals surface area (Å²) in [5.74, 6) is 0.160. The predicted octanol–water partition coefficient (Wildman–Crippen LogP) is 2.49. The maximum absolute atomic E-state index is 12.5. The Kier molecular flexibility index (Phi) is 5.54. The molecule has 2 atom stereocenters. The Hall–Kier alpha value is -3.41. The van der Waals surface area contributed by atoms with Gasteiger partial charge in [-0.1, -0.05) is 18.2 Å². The van der Waals surface area contributed by atoms with Gasteiger partial charge >= 0.3 is 0 Å². The largest absolute Gasteiger partial charge is 0.375 e. The predicted molar refractivity (Wildman–Crippen MR) is 130 cm³/mol. The van der Waals surface area contributed by atoms with Crippen molar-refractivity contribution in [2.45, 2.75) is 24.1 Å². The lowest BCUT2D eigenvalue weighted by atomic mass is 9.90. The smallest absolute Gasteiger partial charge is 0.258 e. The third-order valence-electron chi connectivity index (χ3n) is 5.93. The number of hydrogen-bond donors (Lipinski definition) is 3. The van der Waals surface area contributed by atoms with Gasteiger partial charge in [0.15, 0.2) is 5.60 Å². The standard InChI is InChI=1S/C23H22N7O2SSi/c1-22(34,18-7-10-25-29-18)28-21-24-9-6-16(27-21)19-26-17(13-33-19)14-4-3-5-15(12-14)23(32)8-11-30(2)20(23)31/h3-7,9-10,12-13,32H,8,11H2,1-2H3,(H,25,29)(H,24,27,28)/t22-,23-/m1/s1. The molecule has 34 heavy (non-hydrogen) atoms. The quantitative estimate of drug-likeness (QED) is 0.357. The second-order valence-corrected chi connectivity index (χ2v) is 10.3. The molecule has 0 aliphatic carbocycles. The van der Waals surface area contributed by atoms with E-state index >= 15 is 0 Å². The highest BCUT2D eigenvalue weighted by atomic mass is 32.1. The zero-order valence-corrected chi connectivity index (χ0v) is 20.4. The summed E-state index contributed by atoms with van der Waals surface area (Å²) < 4.78 is 0. The van der Waals surface area contributed by atoms with Crippen LogP contribution < -0.4 is 5.32 Å². The van der Waals surface area contributed by atoms with Crippen molar-refractivity contribution >= 4 is 33.4 Å². The summed E-state index contributed by atoms with van der Waals surface area (Å²) in [6.07, 6.45) is 3.73. The van der Waals surface area contributed by atoms with Crippen LogP contribution in [0.15, 0.2) is 54.2 Å². The average Bonchev–Trinajstić information content (AvgIpc) is 3.59. The van der Waals surface area contributed by atoms with Crippen LogP contribution in [0.3, 0.4) is 0 Å². The van der Waals surface area contributed by atoms with Gasteiger partial charge in [0.2, 0.25) is 5.95 Å². The average molecular weight is 489 g/mol. The van der Waals surface area contributed by atoms with E-state index in [0.717, 1.165) is 22.0 Å². The van der Waals surface area contributed by atoms with Crippen molar-refractivity contribution in [3.05, 3.63) is 65.4 Å². The van der Waals surface area contributed by atoms with Crippen molar-refractivity contribution in [1.29, 1.82) is 0 Å². The molecule has 0 unspecified atom stereocenters. The summed E-state index contributed by atoms with van der Waals surface area (Å²) in [5.41, 5.74) is 2.19. The van der Waals surface area contributed by atoms with Crippen LogP contribution in [0.4, 0.5) is 5.95 Å². The van der Waals surface area contributed by atoms with E-state index in [4.69, 9.17) is 4.98 Å². The first-order chi connectivity index (χ1) is 16.3. The number of aliphatic hydroxyl groups is 1. The molecule has 1 aromatic carbocycles. The zero-order valence-electron chi connectivity index (χ0n) is 18.6. The second kappa shape index (κ2) is 8.42. The normalized spacial score (nSPS) is 19.9. The third kappa shape index (κ3) is 4.02. The fraction of sp³-hybridized carbons (Fsp3) is 0.261. The van der Waals surface area contributed by atoms with Gasteiger partial charge in [-0.15, -0.1) is 11.3 Å². The molecule has 1 aliphatic rings. The van der Waals surface area contributed by atoms with Crippen molar-refractivity contribution in [1.82, 2.24) is 30.0 Å². The number of thiazole rings is 1. The van der Waals surface area contributed by atoms with Gasteiger partial charge in [-0.05, 0) is 30.7 Å². The first kappa shape index (κ1) is 22.4. The molecule has 4 heterocycles. The van der Waals surface area contributed by atoms with E-state index in [1.165, 1.54) is 11.3 Å². The van der Waals surface area contributed by atoms with Gasteiger partial charge in [0, 0.05) is 43.4 Å². The lowest BCUT2D eigenvalue weighted by Gasteiger charge is -2.24. The van der Waals surface area contributed by atoms with Gasteiger partial charge in [0.05, 0.1) is 26.8 Å². The second-order valence-electron chi connectivity index (χ2n) is 8.44. The number of hydrogen-bond acceptors (Lipinski definition) is 8. The van der Waals surface area contributed by atoms with Crippen molar-refractivity contribution in [2.24, 2.45) is 0 Å². The molecule has 11 heteroatoms. The molecule has 0 bridgehead atoms. The fourth-order valence-corrected chi connectivity index (χ4v) is 4.99. The Bertz CT molecular complexity index is 1340. The summed E-state index contributed by atoms with van der Waals surface area (Å²) in [5, 5.41) is 23.2. The molecule has 3 radical (unpaired) electrons. The highest BCUT2D eigenvalue weighted by molar-refractivity contribution is 7.13. The van der Waals surface area contributed by atoms with Gasteiger partial charge in [0.25, 0.3) is 5.91 Å². The number of likely N-dealkylation sites (tertiary alicyclic amines) is 1. The molecular weight excluding hydrogens is 466 g/mol. The SMILES string of the molecule is CN1CC[C@@](O)(c2cccc(-c3csc(-c4ccnc(N[C@](C)([Si])c5ccn[nH]5)n4)n3)c2)C1=O. The van der Waals surface area contributed by atoms with E-state index in [1.54, 1.807) is 36.5 Å². The number of aromatic amines is 1. The lowest BCUT2D eigenvalue weighted by Crippen LogP contribution is -2.36. The van der Waals surface area contributed by atoms with Crippen LogP contribution in [0.5, 0.6) is 0 Å². The van der Waals surface area contributed by atoms with Crippen LogP contribution in [0.2, 0.25) is 0 Å². The van der Waals surface area contributed by atoms with Gasteiger partial charge < -0.3 is 15.3 Å². The minimum atomic E-state index is -1.49. The van der Waals surface area contributed by atoms with Crippen LogP contribution >= 0.6 is 11.3 Å². The molecule has 1 fully saturated rings. The van der Waals surface area contributed by atoms with E-state index in [1.807, 2.05) is 36.6 Å². The van der Waals surface area contributed by atoms with Gasteiger partial charge in [-0.2, -0.15) is 5.10 Å². The third-order valence-corrected chi connectivity index (χ3v) is 7.18. The van der Waals surface area contributed by atoms with Crippen molar-refractivity contribution in [3.8, 4) is 22.0 Å². The Balaban J connectivity index is 1.40. The summed E-state index contributed by atoms with van der Waals surface area (Å²) >= 11 is 1.46. The molecule has 3 N–H and O–H groups in total. The molecule has 1 saturated heterocycles. The maximum Gasteiger partial charge on any atom is 0.258 e. The Morgan fingerprint density at radius 1 is 1.24 bits per heavy atom. The van der Waals surface area contributed by atoms with E-state index in [9.17, 15) is 9.90 Å². The molecule has 1 aliphatic heterocycles.